The van der Waals surface area contributed by atoms with E-state index >= 15 is 0 Å². The smallest absolute Gasteiger partial charge is 0.234 e. The summed E-state index contributed by atoms with van der Waals surface area (Å²) >= 11 is 7.29. The molecule has 0 aromatic heterocycles. The van der Waals surface area contributed by atoms with Gasteiger partial charge in [-0.1, -0.05) is 23.7 Å². The van der Waals surface area contributed by atoms with E-state index in [0.717, 1.165) is 5.56 Å². The van der Waals surface area contributed by atoms with Crippen LogP contribution >= 0.6 is 23.4 Å². The maximum absolute atomic E-state index is 13.2. The van der Waals surface area contributed by atoms with Gasteiger partial charge >= 0.3 is 0 Å². The van der Waals surface area contributed by atoms with Crippen molar-refractivity contribution >= 4 is 40.6 Å². The number of nitrogen functional groups attached to an aromatic ring is 1. The number of hydrogen-bond donors (Lipinski definition) is 2. The van der Waals surface area contributed by atoms with Gasteiger partial charge in [0.2, 0.25) is 5.91 Å². The summed E-state index contributed by atoms with van der Waals surface area (Å²) in [6.45, 7) is 1.80. The third kappa shape index (κ3) is 4.12. The molecular formula is C15H14ClFN2OS. The zero-order chi connectivity index (χ0) is 15.4. The molecule has 2 rings (SSSR count). The van der Waals surface area contributed by atoms with Crippen LogP contribution in [0.25, 0.3) is 0 Å². The van der Waals surface area contributed by atoms with Gasteiger partial charge in [0.05, 0.1) is 10.8 Å². The predicted octanol–water partition coefficient (Wildman–Crippen LogP) is 4.10. The topological polar surface area (TPSA) is 55.1 Å². The second-order valence-corrected chi connectivity index (χ2v) is 5.85. The third-order valence-electron chi connectivity index (χ3n) is 2.82. The highest BCUT2D eigenvalue weighted by atomic mass is 35.5. The maximum Gasteiger partial charge on any atom is 0.234 e. The van der Waals surface area contributed by atoms with Crippen LogP contribution in [0.1, 0.15) is 5.56 Å². The van der Waals surface area contributed by atoms with Gasteiger partial charge < -0.3 is 11.1 Å². The molecule has 21 heavy (non-hydrogen) atoms. The molecule has 3 nitrogen and oxygen atoms in total. The van der Waals surface area contributed by atoms with Gasteiger partial charge in [0.15, 0.2) is 0 Å². The Hall–Kier alpha value is -1.72. The molecule has 0 unspecified atom stereocenters. The molecule has 0 aliphatic heterocycles. The number of halogens is 2. The van der Waals surface area contributed by atoms with Crippen molar-refractivity contribution in [3.63, 3.8) is 0 Å². The molecule has 0 spiro atoms. The predicted molar refractivity (Wildman–Crippen MR) is 86.4 cm³/mol. The second-order valence-electron chi connectivity index (χ2n) is 4.45. The first-order valence-corrected chi connectivity index (χ1v) is 7.56. The summed E-state index contributed by atoms with van der Waals surface area (Å²) in [7, 11) is 0. The van der Waals surface area contributed by atoms with Gasteiger partial charge in [-0.2, -0.15) is 0 Å². The molecule has 0 aliphatic carbocycles. The Morgan fingerprint density at radius 2 is 2.14 bits per heavy atom. The summed E-state index contributed by atoms with van der Waals surface area (Å²) < 4.78 is 13.2. The second kappa shape index (κ2) is 6.83. The summed E-state index contributed by atoms with van der Waals surface area (Å²) in [6, 6.07) is 9.45. The minimum absolute atomic E-state index is 0.143. The van der Waals surface area contributed by atoms with Crippen LogP contribution in [0.5, 0.6) is 0 Å². The summed E-state index contributed by atoms with van der Waals surface area (Å²) in [5.41, 5.74) is 7.61. The fourth-order valence-electron chi connectivity index (χ4n) is 1.73. The van der Waals surface area contributed by atoms with Gasteiger partial charge in [-0.25, -0.2) is 4.39 Å². The molecule has 1 amide bonds. The third-order valence-corrected chi connectivity index (χ3v) is 4.40. The number of hydrogen-bond acceptors (Lipinski definition) is 3. The Labute approximate surface area is 131 Å². The molecule has 2 aromatic carbocycles. The molecule has 110 valence electrons. The van der Waals surface area contributed by atoms with Gasteiger partial charge in [-0.15, -0.1) is 11.8 Å². The number of thioether (sulfide) groups is 1. The van der Waals surface area contributed by atoms with Gasteiger partial charge in [0, 0.05) is 16.3 Å². The first kappa shape index (κ1) is 15.7. The highest BCUT2D eigenvalue weighted by molar-refractivity contribution is 8.00. The molecule has 0 saturated heterocycles. The van der Waals surface area contributed by atoms with Crippen LogP contribution in [0.15, 0.2) is 41.3 Å². The van der Waals surface area contributed by atoms with Crippen LogP contribution in [0.2, 0.25) is 5.02 Å². The highest BCUT2D eigenvalue weighted by Crippen LogP contribution is 2.32. The normalized spacial score (nSPS) is 10.4. The molecule has 0 heterocycles. The average molecular weight is 325 g/mol. The monoisotopic (exact) mass is 324 g/mol. The van der Waals surface area contributed by atoms with E-state index in [4.69, 9.17) is 17.3 Å². The minimum Gasteiger partial charge on any atom is -0.398 e. The SMILES string of the molecule is Cc1ccc(F)cc1NC(=O)CSc1c(N)cccc1Cl. The lowest BCUT2D eigenvalue weighted by Crippen LogP contribution is -2.15. The molecule has 0 bridgehead atoms. The molecule has 0 aliphatic rings. The van der Waals surface area contributed by atoms with Crippen molar-refractivity contribution in [1.82, 2.24) is 0 Å². The van der Waals surface area contributed by atoms with Crippen molar-refractivity contribution < 1.29 is 9.18 Å². The Morgan fingerprint density at radius 3 is 2.86 bits per heavy atom. The molecule has 0 saturated carbocycles. The molecule has 2 aromatic rings. The van der Waals surface area contributed by atoms with Gasteiger partial charge in [-0.05, 0) is 36.8 Å². The maximum atomic E-state index is 13.2. The Morgan fingerprint density at radius 1 is 1.38 bits per heavy atom. The minimum atomic E-state index is -0.390. The van der Waals surface area contributed by atoms with Crippen LogP contribution in [0, 0.1) is 12.7 Å². The van der Waals surface area contributed by atoms with Crippen LogP contribution < -0.4 is 11.1 Å². The number of amides is 1. The van der Waals surface area contributed by atoms with E-state index in [1.54, 1.807) is 31.2 Å². The molecule has 0 radical (unpaired) electrons. The number of rotatable bonds is 4. The Kier molecular flexibility index (Phi) is 5.09. The van der Waals surface area contributed by atoms with E-state index in [1.807, 2.05) is 0 Å². The number of anilines is 2. The number of nitrogens with two attached hydrogens (primary N) is 1. The van der Waals surface area contributed by atoms with Gasteiger partial charge in [0.1, 0.15) is 5.82 Å². The summed E-state index contributed by atoms with van der Waals surface area (Å²) in [5.74, 6) is -0.490. The fourth-order valence-corrected chi connectivity index (χ4v) is 2.86. The first-order valence-electron chi connectivity index (χ1n) is 6.20. The lowest BCUT2D eigenvalue weighted by atomic mass is 10.2. The van der Waals surface area contributed by atoms with Crippen LogP contribution in [0.3, 0.4) is 0 Å². The Bertz CT molecular complexity index is 658. The fraction of sp³-hybridized carbons (Fsp3) is 0.133. The van der Waals surface area contributed by atoms with E-state index in [1.165, 1.54) is 23.9 Å². The summed E-state index contributed by atoms with van der Waals surface area (Å²) in [6.07, 6.45) is 0. The standard InChI is InChI=1S/C15H14ClFN2OS/c1-9-5-6-10(17)7-13(9)19-14(20)8-21-15-11(16)3-2-4-12(15)18/h2-7H,8,18H2,1H3,(H,19,20). The van der Waals surface area contributed by atoms with E-state index in [0.29, 0.717) is 21.3 Å². The van der Waals surface area contributed by atoms with Crippen molar-refractivity contribution in [3.05, 3.63) is 52.8 Å². The summed E-state index contributed by atoms with van der Waals surface area (Å²) in [5, 5.41) is 3.19. The van der Waals surface area contributed by atoms with E-state index < -0.39 is 0 Å². The zero-order valence-corrected chi connectivity index (χ0v) is 12.9. The lowest BCUT2D eigenvalue weighted by Gasteiger charge is -2.10. The number of benzene rings is 2. The average Bonchev–Trinajstić information content (AvgIpc) is 2.42. The lowest BCUT2D eigenvalue weighted by molar-refractivity contribution is -0.113. The Balaban J connectivity index is 2.01. The number of carbonyl (C=O) groups is 1. The van der Waals surface area contributed by atoms with Crippen LogP contribution in [-0.2, 0) is 4.79 Å². The molecular weight excluding hydrogens is 311 g/mol. The van der Waals surface area contributed by atoms with Gasteiger partial charge in [-0.3, -0.25) is 4.79 Å². The summed E-state index contributed by atoms with van der Waals surface area (Å²) in [4.78, 5) is 12.6. The quantitative estimate of drug-likeness (QED) is 0.657. The van der Waals surface area contributed by atoms with Crippen molar-refractivity contribution in [2.24, 2.45) is 0 Å². The van der Waals surface area contributed by atoms with Crippen LogP contribution in [0.4, 0.5) is 15.8 Å². The van der Waals surface area contributed by atoms with Crippen molar-refractivity contribution in [1.29, 1.82) is 0 Å². The van der Waals surface area contributed by atoms with Crippen molar-refractivity contribution in [3.8, 4) is 0 Å². The highest BCUT2D eigenvalue weighted by Gasteiger charge is 2.10. The van der Waals surface area contributed by atoms with Crippen molar-refractivity contribution in [2.75, 3.05) is 16.8 Å². The van der Waals surface area contributed by atoms with Crippen LogP contribution in [-0.4, -0.2) is 11.7 Å². The van der Waals surface area contributed by atoms with Gasteiger partial charge in [0.25, 0.3) is 0 Å². The van der Waals surface area contributed by atoms with E-state index in [9.17, 15) is 9.18 Å². The van der Waals surface area contributed by atoms with Crippen molar-refractivity contribution in [2.45, 2.75) is 11.8 Å². The molecule has 3 N–H and O–H groups in total. The zero-order valence-electron chi connectivity index (χ0n) is 11.3. The molecule has 6 heteroatoms. The molecule has 0 atom stereocenters. The molecule has 0 fully saturated rings. The van der Waals surface area contributed by atoms with E-state index in [-0.39, 0.29) is 17.5 Å². The number of carbonyl (C=O) groups excluding carboxylic acids is 1. The first-order chi connectivity index (χ1) is 9.97. The van der Waals surface area contributed by atoms with E-state index in [2.05, 4.69) is 5.32 Å². The number of aryl methyl sites for hydroxylation is 1. The largest absolute Gasteiger partial charge is 0.398 e. The number of nitrogens with one attached hydrogen (secondary N) is 1.